The van der Waals surface area contributed by atoms with Crippen molar-refractivity contribution in [2.45, 2.75) is 18.2 Å². The summed E-state index contributed by atoms with van der Waals surface area (Å²) in [4.78, 5) is 19.7. The van der Waals surface area contributed by atoms with Crippen molar-refractivity contribution >= 4 is 17.7 Å². The smallest absolute Gasteiger partial charge is 0.224 e. The van der Waals surface area contributed by atoms with Gasteiger partial charge in [-0.1, -0.05) is 0 Å². The lowest BCUT2D eigenvalue weighted by Crippen LogP contribution is -2.45. The van der Waals surface area contributed by atoms with Gasteiger partial charge in [0, 0.05) is 57.0 Å². The number of methoxy groups -OCH3 is 3. The third-order valence-electron chi connectivity index (χ3n) is 5.66. The molecule has 0 aromatic heterocycles. The first kappa shape index (κ1) is 22.1. The van der Waals surface area contributed by atoms with Crippen LogP contribution < -0.4 is 14.2 Å². The summed E-state index contributed by atoms with van der Waals surface area (Å²) in [6.45, 7) is 6.18. The van der Waals surface area contributed by atoms with E-state index >= 15 is 0 Å². The highest BCUT2D eigenvalue weighted by atomic mass is 32.2. The number of likely N-dealkylation sites (N-methyl/N-ethyl adjacent to an activating group) is 1. The maximum absolute atomic E-state index is 12.8. The van der Waals surface area contributed by atoms with Crippen LogP contribution in [-0.4, -0.2) is 94.0 Å². The average Bonchev–Trinajstić information content (AvgIpc) is 2.75. The lowest BCUT2D eigenvalue weighted by molar-refractivity contribution is -0.132. The first-order valence-corrected chi connectivity index (χ1v) is 11.2. The van der Waals surface area contributed by atoms with Crippen molar-refractivity contribution < 1.29 is 19.0 Å². The summed E-state index contributed by atoms with van der Waals surface area (Å²) in [5.74, 6) is 3.06. The van der Waals surface area contributed by atoms with Gasteiger partial charge in [0.15, 0.2) is 0 Å². The maximum atomic E-state index is 12.8. The van der Waals surface area contributed by atoms with E-state index in [1.54, 1.807) is 33.1 Å². The molecule has 0 radical (unpaired) electrons. The Bertz CT molecular complexity index is 669. The fraction of sp³-hybridized carbons (Fsp3) is 0.667. The quantitative estimate of drug-likeness (QED) is 0.636. The summed E-state index contributed by atoms with van der Waals surface area (Å²) in [7, 11) is 7.08. The van der Waals surface area contributed by atoms with Crippen LogP contribution in [0.1, 0.15) is 23.8 Å². The summed E-state index contributed by atoms with van der Waals surface area (Å²) in [5.41, 5.74) is 0.911. The van der Waals surface area contributed by atoms with Gasteiger partial charge in [-0.3, -0.25) is 4.79 Å². The van der Waals surface area contributed by atoms with Crippen LogP contribution in [0.2, 0.25) is 0 Å². The number of benzene rings is 1. The van der Waals surface area contributed by atoms with Gasteiger partial charge < -0.3 is 28.9 Å². The highest BCUT2D eigenvalue weighted by molar-refractivity contribution is 7.99. The average molecular weight is 424 g/mol. The molecule has 2 aliphatic rings. The molecule has 1 aromatic carbocycles. The van der Waals surface area contributed by atoms with Gasteiger partial charge >= 0.3 is 0 Å². The van der Waals surface area contributed by atoms with Crippen LogP contribution >= 0.6 is 11.8 Å². The molecule has 2 aliphatic heterocycles. The zero-order valence-electron chi connectivity index (χ0n) is 18.0. The Hall–Kier alpha value is -1.64. The second-order valence-electron chi connectivity index (χ2n) is 7.50. The van der Waals surface area contributed by atoms with E-state index in [0.29, 0.717) is 23.7 Å². The van der Waals surface area contributed by atoms with E-state index < -0.39 is 0 Å². The third kappa shape index (κ3) is 5.29. The molecule has 0 saturated carbocycles. The number of carbonyl (C=O) groups is 1. The number of rotatable bonds is 8. The summed E-state index contributed by atoms with van der Waals surface area (Å²) < 4.78 is 16.7. The Morgan fingerprint density at radius 1 is 1.00 bits per heavy atom. The molecule has 29 heavy (non-hydrogen) atoms. The van der Waals surface area contributed by atoms with Crippen LogP contribution in [0.4, 0.5) is 0 Å². The number of nitrogens with zero attached hydrogens (tertiary/aromatic N) is 3. The van der Waals surface area contributed by atoms with Gasteiger partial charge in [0.25, 0.3) is 0 Å². The number of amides is 1. The van der Waals surface area contributed by atoms with E-state index in [9.17, 15) is 4.79 Å². The Kier molecular flexibility index (Phi) is 7.91. The van der Waals surface area contributed by atoms with E-state index in [4.69, 9.17) is 14.2 Å². The van der Waals surface area contributed by atoms with Crippen molar-refractivity contribution in [1.29, 1.82) is 0 Å². The minimum atomic E-state index is -0.112. The molecular formula is C21H33N3O4S. The number of hydrogen-bond acceptors (Lipinski definition) is 7. The van der Waals surface area contributed by atoms with E-state index in [0.717, 1.165) is 57.0 Å². The second kappa shape index (κ2) is 10.4. The summed E-state index contributed by atoms with van der Waals surface area (Å²) in [5, 5.41) is -0.112. The lowest BCUT2D eigenvalue weighted by atomic mass is 10.1. The van der Waals surface area contributed by atoms with Crippen molar-refractivity contribution in [2.75, 3.05) is 73.4 Å². The fourth-order valence-electron chi connectivity index (χ4n) is 3.92. The predicted molar refractivity (Wildman–Crippen MR) is 116 cm³/mol. The Morgan fingerprint density at radius 2 is 1.66 bits per heavy atom. The number of ether oxygens (including phenoxy) is 3. The zero-order valence-corrected chi connectivity index (χ0v) is 18.8. The third-order valence-corrected chi connectivity index (χ3v) is 6.91. The van der Waals surface area contributed by atoms with Gasteiger partial charge in [0.2, 0.25) is 5.91 Å². The Labute approximate surface area is 178 Å². The van der Waals surface area contributed by atoms with Crippen LogP contribution in [0.5, 0.6) is 17.2 Å². The molecule has 162 valence electrons. The van der Waals surface area contributed by atoms with Gasteiger partial charge in [-0.05, 0) is 20.0 Å². The molecule has 7 nitrogen and oxygen atoms in total. The lowest BCUT2D eigenvalue weighted by Gasteiger charge is -2.37. The normalized spacial score (nSPS) is 21.3. The van der Waals surface area contributed by atoms with E-state index in [2.05, 4.69) is 16.8 Å². The number of carbonyl (C=O) groups excluding carboxylic acids is 1. The number of thioether (sulfide) groups is 1. The van der Waals surface area contributed by atoms with E-state index in [-0.39, 0.29) is 11.3 Å². The topological polar surface area (TPSA) is 54.5 Å². The van der Waals surface area contributed by atoms with Crippen LogP contribution in [0, 0.1) is 0 Å². The van der Waals surface area contributed by atoms with Crippen LogP contribution in [0.25, 0.3) is 0 Å². The Balaban J connectivity index is 1.75. The molecule has 0 aliphatic carbocycles. The molecule has 0 N–H and O–H groups in total. The monoisotopic (exact) mass is 423 g/mol. The van der Waals surface area contributed by atoms with Crippen molar-refractivity contribution in [2.24, 2.45) is 0 Å². The van der Waals surface area contributed by atoms with Crippen molar-refractivity contribution in [3.8, 4) is 17.2 Å². The molecule has 1 amide bonds. The molecule has 1 aromatic rings. The fourth-order valence-corrected chi connectivity index (χ4v) is 5.23. The molecular weight excluding hydrogens is 390 g/mol. The molecule has 0 spiro atoms. The zero-order chi connectivity index (χ0) is 20.8. The van der Waals surface area contributed by atoms with Gasteiger partial charge in [-0.15, -0.1) is 11.8 Å². The van der Waals surface area contributed by atoms with Crippen LogP contribution in [0.3, 0.4) is 0 Å². The molecule has 2 fully saturated rings. The molecule has 0 bridgehead atoms. The van der Waals surface area contributed by atoms with Crippen LogP contribution in [0.15, 0.2) is 12.1 Å². The Morgan fingerprint density at radius 3 is 2.24 bits per heavy atom. The SMILES string of the molecule is COc1cc(OC)c(C2SCCC(=O)N2CCCN2CCN(C)CC2)c(OC)c1. The predicted octanol–water partition coefficient (Wildman–Crippen LogP) is 2.31. The molecule has 2 saturated heterocycles. The largest absolute Gasteiger partial charge is 0.496 e. The van der Waals surface area contributed by atoms with Gasteiger partial charge in [-0.25, -0.2) is 0 Å². The minimum Gasteiger partial charge on any atom is -0.496 e. The number of hydrogen-bond donors (Lipinski definition) is 0. The standard InChI is InChI=1S/C21H33N3O4S/c1-22-9-11-23(12-10-22)7-5-8-24-19(25)6-13-29-21(24)20-17(27-3)14-16(26-2)15-18(20)28-4/h14-15,21H,5-13H2,1-4H3. The summed E-state index contributed by atoms with van der Waals surface area (Å²) in [6, 6.07) is 3.72. The maximum Gasteiger partial charge on any atom is 0.224 e. The van der Waals surface area contributed by atoms with E-state index in [1.165, 1.54) is 0 Å². The first-order valence-electron chi connectivity index (χ1n) is 10.2. The van der Waals surface area contributed by atoms with Crippen molar-refractivity contribution in [1.82, 2.24) is 14.7 Å². The van der Waals surface area contributed by atoms with Gasteiger partial charge in [0.1, 0.15) is 22.6 Å². The van der Waals surface area contributed by atoms with Crippen molar-refractivity contribution in [3.63, 3.8) is 0 Å². The highest BCUT2D eigenvalue weighted by Gasteiger charge is 2.34. The summed E-state index contributed by atoms with van der Waals surface area (Å²) >= 11 is 1.77. The van der Waals surface area contributed by atoms with Crippen LogP contribution in [-0.2, 0) is 4.79 Å². The minimum absolute atomic E-state index is 0.112. The molecule has 2 heterocycles. The second-order valence-corrected chi connectivity index (χ2v) is 8.69. The molecule has 8 heteroatoms. The summed E-state index contributed by atoms with van der Waals surface area (Å²) in [6.07, 6.45) is 1.55. The molecule has 1 atom stereocenters. The van der Waals surface area contributed by atoms with Gasteiger partial charge in [-0.2, -0.15) is 0 Å². The van der Waals surface area contributed by atoms with Crippen molar-refractivity contribution in [3.05, 3.63) is 17.7 Å². The number of piperazine rings is 1. The highest BCUT2D eigenvalue weighted by Crippen LogP contribution is 2.47. The van der Waals surface area contributed by atoms with E-state index in [1.807, 2.05) is 17.0 Å². The molecule has 3 rings (SSSR count). The van der Waals surface area contributed by atoms with Gasteiger partial charge in [0.05, 0.1) is 26.9 Å². The first-order chi connectivity index (χ1) is 14.1. The molecule has 1 unspecified atom stereocenters.